The summed E-state index contributed by atoms with van der Waals surface area (Å²) in [4.78, 5) is 28.9. The van der Waals surface area contributed by atoms with Crippen LogP contribution >= 0.6 is 11.8 Å². The molecule has 0 aliphatic carbocycles. The van der Waals surface area contributed by atoms with Gasteiger partial charge in [-0.3, -0.25) is 14.6 Å². The largest absolute Gasteiger partial charge is 0.325 e. The summed E-state index contributed by atoms with van der Waals surface area (Å²) in [6, 6.07) is 11.1. The molecule has 0 saturated heterocycles. The fourth-order valence-corrected chi connectivity index (χ4v) is 3.15. The van der Waals surface area contributed by atoms with E-state index in [1.54, 1.807) is 24.5 Å². The topological polar surface area (TPSA) is 71.1 Å². The lowest BCUT2D eigenvalue weighted by atomic mass is 10.2. The molecule has 0 saturated carbocycles. The molecule has 1 atom stereocenters. The van der Waals surface area contributed by atoms with Crippen molar-refractivity contribution in [3.8, 4) is 0 Å². The highest BCUT2D eigenvalue weighted by atomic mass is 32.2. The number of carbonyl (C=O) groups excluding carboxylic acids is 2. The number of thioether (sulfide) groups is 1. The third kappa shape index (κ3) is 3.22. The van der Waals surface area contributed by atoms with Crippen LogP contribution in [0.2, 0.25) is 0 Å². The fourth-order valence-electron chi connectivity index (χ4n) is 2.04. The van der Waals surface area contributed by atoms with Crippen LogP contribution in [0.3, 0.4) is 0 Å². The number of amides is 2. The second-order valence-corrected chi connectivity index (χ2v) is 5.83. The van der Waals surface area contributed by atoms with Gasteiger partial charge in [-0.1, -0.05) is 12.1 Å². The monoisotopic (exact) mass is 299 g/mol. The maximum atomic E-state index is 12.0. The molecule has 0 radical (unpaired) electrons. The fraction of sp³-hybridized carbons (Fsp3) is 0.133. The molecule has 2 N–H and O–H groups in total. The minimum absolute atomic E-state index is 0.125. The van der Waals surface area contributed by atoms with Gasteiger partial charge in [0.25, 0.3) is 0 Å². The zero-order valence-electron chi connectivity index (χ0n) is 11.1. The van der Waals surface area contributed by atoms with Gasteiger partial charge in [0.15, 0.2) is 0 Å². The van der Waals surface area contributed by atoms with Gasteiger partial charge >= 0.3 is 0 Å². The van der Waals surface area contributed by atoms with Gasteiger partial charge in [0.1, 0.15) is 0 Å². The molecule has 2 amide bonds. The Labute approximate surface area is 126 Å². The van der Waals surface area contributed by atoms with Crippen LogP contribution in [-0.4, -0.2) is 22.0 Å². The number of nitrogens with one attached hydrogen (secondary N) is 2. The smallest absolute Gasteiger partial charge is 0.238 e. The van der Waals surface area contributed by atoms with Crippen molar-refractivity contribution in [2.75, 3.05) is 10.6 Å². The molecule has 0 unspecified atom stereocenters. The molecule has 5 nitrogen and oxygen atoms in total. The Kier molecular flexibility index (Phi) is 3.87. The second kappa shape index (κ2) is 5.97. The number of rotatable bonds is 3. The van der Waals surface area contributed by atoms with E-state index in [0.717, 1.165) is 10.6 Å². The highest BCUT2D eigenvalue weighted by molar-refractivity contribution is 8.01. The average Bonchev–Trinajstić information content (AvgIpc) is 2.49. The first-order valence-corrected chi connectivity index (χ1v) is 7.37. The van der Waals surface area contributed by atoms with Crippen LogP contribution in [0.4, 0.5) is 11.4 Å². The quantitative estimate of drug-likeness (QED) is 0.913. The van der Waals surface area contributed by atoms with E-state index in [2.05, 4.69) is 15.6 Å². The van der Waals surface area contributed by atoms with Crippen LogP contribution in [0.1, 0.15) is 6.42 Å². The van der Waals surface area contributed by atoms with Crippen molar-refractivity contribution in [2.45, 2.75) is 16.6 Å². The van der Waals surface area contributed by atoms with Crippen molar-refractivity contribution in [1.82, 2.24) is 4.98 Å². The van der Waals surface area contributed by atoms with E-state index in [0.29, 0.717) is 5.69 Å². The summed E-state index contributed by atoms with van der Waals surface area (Å²) in [6.07, 6.45) is 3.33. The van der Waals surface area contributed by atoms with Crippen molar-refractivity contribution in [2.24, 2.45) is 0 Å². The molecule has 2 aromatic rings. The summed E-state index contributed by atoms with van der Waals surface area (Å²) >= 11 is 1.42. The molecule has 21 heavy (non-hydrogen) atoms. The minimum atomic E-state index is -0.420. The number of hydrogen-bond donors (Lipinski definition) is 2. The predicted molar refractivity (Wildman–Crippen MR) is 82.2 cm³/mol. The van der Waals surface area contributed by atoms with Crippen molar-refractivity contribution in [3.63, 3.8) is 0 Å². The van der Waals surface area contributed by atoms with Gasteiger partial charge in [-0.15, -0.1) is 11.8 Å². The number of fused-ring (bicyclic) bond motifs is 1. The van der Waals surface area contributed by atoms with E-state index in [1.165, 1.54) is 11.8 Å². The third-order valence-corrected chi connectivity index (χ3v) is 4.30. The number of carbonyl (C=O) groups is 2. The zero-order valence-corrected chi connectivity index (χ0v) is 11.9. The number of nitrogens with zero attached hydrogens (tertiary/aromatic N) is 1. The molecule has 6 heteroatoms. The van der Waals surface area contributed by atoms with E-state index in [-0.39, 0.29) is 18.2 Å². The minimum Gasteiger partial charge on any atom is -0.325 e. The molecule has 1 aromatic heterocycles. The van der Waals surface area contributed by atoms with Crippen molar-refractivity contribution in [3.05, 3.63) is 48.8 Å². The van der Waals surface area contributed by atoms with Crippen LogP contribution in [0.15, 0.2) is 53.7 Å². The van der Waals surface area contributed by atoms with E-state index in [4.69, 9.17) is 0 Å². The lowest BCUT2D eigenvalue weighted by Crippen LogP contribution is -2.32. The number of aromatic nitrogens is 1. The van der Waals surface area contributed by atoms with E-state index in [1.807, 2.05) is 24.3 Å². The molecule has 0 spiro atoms. The van der Waals surface area contributed by atoms with Gasteiger partial charge in [0.2, 0.25) is 11.8 Å². The predicted octanol–water partition coefficient (Wildman–Crippen LogP) is 2.52. The first kappa shape index (κ1) is 13.6. The summed E-state index contributed by atoms with van der Waals surface area (Å²) in [6.45, 7) is 0. The van der Waals surface area contributed by atoms with Crippen LogP contribution in [0, 0.1) is 0 Å². The van der Waals surface area contributed by atoms with Gasteiger partial charge in [0, 0.05) is 17.5 Å². The summed E-state index contributed by atoms with van der Waals surface area (Å²) < 4.78 is 0. The Hall–Kier alpha value is -2.34. The van der Waals surface area contributed by atoms with Gasteiger partial charge in [0.05, 0.1) is 22.8 Å². The second-order valence-electron chi connectivity index (χ2n) is 4.59. The van der Waals surface area contributed by atoms with Crippen LogP contribution in [-0.2, 0) is 9.59 Å². The lowest BCUT2D eigenvalue weighted by molar-refractivity contribution is -0.120. The summed E-state index contributed by atoms with van der Waals surface area (Å²) in [5, 5.41) is 5.15. The molecule has 1 aliphatic heterocycles. The van der Waals surface area contributed by atoms with E-state index < -0.39 is 5.25 Å². The normalized spacial score (nSPS) is 16.8. The molecule has 0 bridgehead atoms. The Bertz CT molecular complexity index is 676. The number of anilines is 2. The first-order chi connectivity index (χ1) is 10.2. The maximum Gasteiger partial charge on any atom is 0.238 e. The number of para-hydroxylation sites is 1. The molecule has 106 valence electrons. The highest BCUT2D eigenvalue weighted by Crippen LogP contribution is 2.36. The Morgan fingerprint density at radius 1 is 1.29 bits per heavy atom. The van der Waals surface area contributed by atoms with Gasteiger partial charge in [-0.05, 0) is 24.3 Å². The Morgan fingerprint density at radius 2 is 2.14 bits per heavy atom. The first-order valence-electron chi connectivity index (χ1n) is 6.49. The highest BCUT2D eigenvalue weighted by Gasteiger charge is 2.28. The number of hydrogen-bond acceptors (Lipinski definition) is 4. The molecule has 2 heterocycles. The van der Waals surface area contributed by atoms with Crippen molar-refractivity contribution < 1.29 is 9.59 Å². The third-order valence-electron chi connectivity index (χ3n) is 3.02. The number of pyridine rings is 1. The standard InChI is InChI=1S/C15H13N3O2S/c19-14(17-10-4-3-7-16-9-10)8-13-15(20)18-11-5-1-2-6-12(11)21-13/h1-7,9,13H,8H2,(H,17,19)(H,18,20)/t13-/m0/s1. The lowest BCUT2D eigenvalue weighted by Gasteiger charge is -2.23. The van der Waals surface area contributed by atoms with Gasteiger partial charge in [-0.2, -0.15) is 0 Å². The summed E-state index contributed by atoms with van der Waals surface area (Å²) in [5.74, 6) is -0.338. The SMILES string of the molecule is O=C(C[C@@H]1Sc2ccccc2NC1=O)Nc1cccnc1. The van der Waals surface area contributed by atoms with Crippen LogP contribution in [0.5, 0.6) is 0 Å². The van der Waals surface area contributed by atoms with Crippen molar-refractivity contribution >= 4 is 35.0 Å². The van der Waals surface area contributed by atoms with Gasteiger partial charge < -0.3 is 10.6 Å². The van der Waals surface area contributed by atoms with E-state index >= 15 is 0 Å². The zero-order chi connectivity index (χ0) is 14.7. The molecule has 0 fully saturated rings. The molecular formula is C15H13N3O2S. The van der Waals surface area contributed by atoms with Crippen LogP contribution < -0.4 is 10.6 Å². The number of benzene rings is 1. The Morgan fingerprint density at radius 3 is 2.95 bits per heavy atom. The molecular weight excluding hydrogens is 286 g/mol. The average molecular weight is 299 g/mol. The van der Waals surface area contributed by atoms with Crippen LogP contribution in [0.25, 0.3) is 0 Å². The summed E-state index contributed by atoms with van der Waals surface area (Å²) in [7, 11) is 0. The molecule has 1 aliphatic rings. The summed E-state index contributed by atoms with van der Waals surface area (Å²) in [5.41, 5.74) is 1.43. The van der Waals surface area contributed by atoms with Gasteiger partial charge in [-0.25, -0.2) is 0 Å². The van der Waals surface area contributed by atoms with E-state index in [9.17, 15) is 9.59 Å². The van der Waals surface area contributed by atoms with Crippen molar-refractivity contribution in [1.29, 1.82) is 0 Å². The molecule has 3 rings (SSSR count). The Balaban J connectivity index is 1.65. The molecule has 1 aromatic carbocycles. The maximum absolute atomic E-state index is 12.0.